The third-order valence-corrected chi connectivity index (χ3v) is 4.82. The fourth-order valence-electron chi connectivity index (χ4n) is 3.35. The van der Waals surface area contributed by atoms with Crippen molar-refractivity contribution < 1.29 is 9.13 Å². The first kappa shape index (κ1) is 22.3. The van der Waals surface area contributed by atoms with E-state index in [0.717, 1.165) is 50.9 Å². The standard InChI is InChI=1S/C21H27FN4O.HI/c1-23-21(24-11-10-17-6-5-7-18(16-17)27-2)26-14-12-25(13-15-26)20-9-4-3-8-19(20)22;/h3-9,16H,10-15H2,1-2H3,(H,23,24);1H. The Bertz CT molecular complexity index is 779. The number of hydrogen-bond donors (Lipinski definition) is 1. The quantitative estimate of drug-likeness (QED) is 0.390. The fraction of sp³-hybridized carbons (Fsp3) is 0.381. The summed E-state index contributed by atoms with van der Waals surface area (Å²) in [4.78, 5) is 8.72. The van der Waals surface area contributed by atoms with Gasteiger partial charge in [0.2, 0.25) is 0 Å². The van der Waals surface area contributed by atoms with Crippen molar-refractivity contribution in [2.45, 2.75) is 6.42 Å². The molecule has 0 aromatic heterocycles. The maximum atomic E-state index is 14.0. The minimum Gasteiger partial charge on any atom is -0.497 e. The summed E-state index contributed by atoms with van der Waals surface area (Å²) < 4.78 is 19.2. The highest BCUT2D eigenvalue weighted by Gasteiger charge is 2.21. The van der Waals surface area contributed by atoms with Crippen molar-refractivity contribution in [3.8, 4) is 5.75 Å². The van der Waals surface area contributed by atoms with Crippen LogP contribution in [0.5, 0.6) is 5.75 Å². The Kier molecular flexibility index (Phi) is 8.82. The SMILES string of the molecule is CN=C(NCCc1cccc(OC)c1)N1CCN(c2ccccc2F)CC1.I. The smallest absolute Gasteiger partial charge is 0.193 e. The van der Waals surface area contributed by atoms with Crippen molar-refractivity contribution in [1.82, 2.24) is 10.2 Å². The Labute approximate surface area is 183 Å². The summed E-state index contributed by atoms with van der Waals surface area (Å²) in [5.74, 6) is 1.61. The van der Waals surface area contributed by atoms with Crippen LogP contribution in [-0.2, 0) is 6.42 Å². The second-order valence-corrected chi connectivity index (χ2v) is 6.50. The molecule has 7 heteroatoms. The van der Waals surface area contributed by atoms with Crippen molar-refractivity contribution in [2.24, 2.45) is 4.99 Å². The highest BCUT2D eigenvalue weighted by molar-refractivity contribution is 14.0. The van der Waals surface area contributed by atoms with Crippen molar-refractivity contribution in [1.29, 1.82) is 0 Å². The van der Waals surface area contributed by atoms with Gasteiger partial charge < -0.3 is 19.9 Å². The van der Waals surface area contributed by atoms with E-state index < -0.39 is 0 Å². The van der Waals surface area contributed by atoms with Gasteiger partial charge in [-0.3, -0.25) is 4.99 Å². The zero-order valence-corrected chi connectivity index (χ0v) is 18.7. The van der Waals surface area contributed by atoms with Crippen LogP contribution in [0.4, 0.5) is 10.1 Å². The molecule has 1 aliphatic heterocycles. The van der Waals surface area contributed by atoms with Gasteiger partial charge in [-0.1, -0.05) is 24.3 Å². The molecule has 152 valence electrons. The third kappa shape index (κ3) is 5.73. The molecule has 0 aliphatic carbocycles. The number of anilines is 1. The predicted molar refractivity (Wildman–Crippen MR) is 124 cm³/mol. The molecule has 2 aromatic carbocycles. The zero-order valence-electron chi connectivity index (χ0n) is 16.4. The Morgan fingerprint density at radius 3 is 2.54 bits per heavy atom. The summed E-state index contributed by atoms with van der Waals surface area (Å²) in [6.45, 7) is 3.97. The molecule has 2 aromatic rings. The van der Waals surface area contributed by atoms with Crippen LogP contribution in [0.25, 0.3) is 0 Å². The second-order valence-electron chi connectivity index (χ2n) is 6.50. The lowest BCUT2D eigenvalue weighted by molar-refractivity contribution is 0.371. The van der Waals surface area contributed by atoms with E-state index in [4.69, 9.17) is 4.74 Å². The average molecular weight is 498 g/mol. The van der Waals surface area contributed by atoms with E-state index in [1.807, 2.05) is 24.3 Å². The van der Waals surface area contributed by atoms with Gasteiger partial charge in [0.05, 0.1) is 12.8 Å². The van der Waals surface area contributed by atoms with Crippen LogP contribution in [-0.4, -0.2) is 57.7 Å². The van der Waals surface area contributed by atoms with Gasteiger partial charge in [-0.15, -0.1) is 24.0 Å². The number of halogens is 2. The van der Waals surface area contributed by atoms with Gasteiger partial charge in [0, 0.05) is 39.8 Å². The number of benzene rings is 2. The lowest BCUT2D eigenvalue weighted by Crippen LogP contribution is -2.53. The van der Waals surface area contributed by atoms with Gasteiger partial charge in [0.1, 0.15) is 11.6 Å². The first-order valence-electron chi connectivity index (χ1n) is 9.29. The van der Waals surface area contributed by atoms with Gasteiger partial charge >= 0.3 is 0 Å². The molecule has 1 heterocycles. The maximum absolute atomic E-state index is 14.0. The lowest BCUT2D eigenvalue weighted by Gasteiger charge is -2.37. The summed E-state index contributed by atoms with van der Waals surface area (Å²) >= 11 is 0. The maximum Gasteiger partial charge on any atom is 0.193 e. The molecular formula is C21H28FIN4O. The van der Waals surface area contributed by atoms with Crippen molar-refractivity contribution in [3.63, 3.8) is 0 Å². The highest BCUT2D eigenvalue weighted by Crippen LogP contribution is 2.20. The van der Waals surface area contributed by atoms with Crippen LogP contribution in [0, 0.1) is 5.82 Å². The third-order valence-electron chi connectivity index (χ3n) is 4.82. The Balaban J connectivity index is 0.00000280. The molecule has 0 radical (unpaired) electrons. The number of hydrogen-bond acceptors (Lipinski definition) is 3. The molecule has 28 heavy (non-hydrogen) atoms. The molecule has 0 spiro atoms. The normalized spacial score (nSPS) is 14.5. The highest BCUT2D eigenvalue weighted by atomic mass is 127. The first-order valence-corrected chi connectivity index (χ1v) is 9.29. The average Bonchev–Trinajstić information content (AvgIpc) is 2.72. The van der Waals surface area contributed by atoms with E-state index in [2.05, 4.69) is 32.2 Å². The molecule has 0 unspecified atom stereocenters. The molecule has 1 aliphatic rings. The Hall–Kier alpha value is -2.03. The molecule has 1 saturated heterocycles. The minimum absolute atomic E-state index is 0. The van der Waals surface area contributed by atoms with Crippen LogP contribution < -0.4 is 15.0 Å². The Morgan fingerprint density at radius 1 is 1.11 bits per heavy atom. The summed E-state index contributed by atoms with van der Waals surface area (Å²) in [7, 11) is 3.48. The van der Waals surface area contributed by atoms with Crippen LogP contribution in [0.2, 0.25) is 0 Å². The van der Waals surface area contributed by atoms with Gasteiger partial charge in [-0.25, -0.2) is 4.39 Å². The largest absolute Gasteiger partial charge is 0.497 e. The van der Waals surface area contributed by atoms with E-state index in [9.17, 15) is 4.39 Å². The fourth-order valence-corrected chi connectivity index (χ4v) is 3.35. The van der Waals surface area contributed by atoms with E-state index in [1.54, 1.807) is 20.2 Å². The molecular weight excluding hydrogens is 470 g/mol. The van der Waals surface area contributed by atoms with Gasteiger partial charge in [0.15, 0.2) is 5.96 Å². The van der Waals surface area contributed by atoms with Gasteiger partial charge in [0.25, 0.3) is 0 Å². The van der Waals surface area contributed by atoms with E-state index in [0.29, 0.717) is 5.69 Å². The lowest BCUT2D eigenvalue weighted by atomic mass is 10.1. The molecule has 0 amide bonds. The zero-order chi connectivity index (χ0) is 19.1. The summed E-state index contributed by atoms with van der Waals surface area (Å²) in [6.07, 6.45) is 0.894. The monoisotopic (exact) mass is 498 g/mol. The molecule has 5 nitrogen and oxygen atoms in total. The number of rotatable bonds is 5. The first-order chi connectivity index (χ1) is 13.2. The second kappa shape index (κ2) is 11.1. The van der Waals surface area contributed by atoms with Crippen molar-refractivity contribution in [3.05, 3.63) is 59.9 Å². The number of nitrogens with one attached hydrogen (secondary N) is 1. The van der Waals surface area contributed by atoms with Crippen LogP contribution in [0.1, 0.15) is 5.56 Å². The Morgan fingerprint density at radius 2 is 1.86 bits per heavy atom. The number of nitrogens with zero attached hydrogens (tertiary/aromatic N) is 3. The van der Waals surface area contributed by atoms with Crippen molar-refractivity contribution in [2.75, 3.05) is 51.8 Å². The molecule has 1 fully saturated rings. The topological polar surface area (TPSA) is 40.1 Å². The molecule has 0 atom stereocenters. The van der Waals surface area contributed by atoms with E-state index in [1.165, 1.54) is 11.6 Å². The number of guanidine groups is 1. The number of piperazine rings is 1. The van der Waals surface area contributed by atoms with Crippen LogP contribution in [0.3, 0.4) is 0 Å². The summed E-state index contributed by atoms with van der Waals surface area (Å²) in [6, 6.07) is 15.1. The van der Waals surface area contributed by atoms with Crippen molar-refractivity contribution >= 4 is 35.6 Å². The molecule has 1 N–H and O–H groups in total. The number of para-hydroxylation sites is 1. The molecule has 3 rings (SSSR count). The summed E-state index contributed by atoms with van der Waals surface area (Å²) in [5.41, 5.74) is 1.90. The molecule has 0 bridgehead atoms. The number of ether oxygens (including phenoxy) is 1. The van der Waals surface area contributed by atoms with E-state index in [-0.39, 0.29) is 29.8 Å². The van der Waals surface area contributed by atoms with Gasteiger partial charge in [-0.05, 0) is 36.2 Å². The predicted octanol–water partition coefficient (Wildman–Crippen LogP) is 3.39. The summed E-state index contributed by atoms with van der Waals surface area (Å²) in [5, 5.41) is 3.43. The minimum atomic E-state index is -0.160. The van der Waals surface area contributed by atoms with Crippen LogP contribution >= 0.6 is 24.0 Å². The van der Waals surface area contributed by atoms with Crippen LogP contribution in [0.15, 0.2) is 53.5 Å². The van der Waals surface area contributed by atoms with Gasteiger partial charge in [-0.2, -0.15) is 0 Å². The van der Waals surface area contributed by atoms with E-state index >= 15 is 0 Å². The number of aliphatic imine (C=N–C) groups is 1. The number of methoxy groups -OCH3 is 1. The molecule has 0 saturated carbocycles.